The second-order valence-corrected chi connectivity index (χ2v) is 5.02. The molecular formula is C17H15FN2O3. The first-order chi connectivity index (χ1) is 11.1. The van der Waals surface area contributed by atoms with E-state index in [9.17, 15) is 9.18 Å². The topological polar surface area (TPSA) is 64.4 Å². The van der Waals surface area contributed by atoms with E-state index in [0.717, 1.165) is 0 Å². The molecular weight excluding hydrogens is 299 g/mol. The molecule has 0 saturated carbocycles. The van der Waals surface area contributed by atoms with Crippen molar-refractivity contribution in [3.63, 3.8) is 0 Å². The minimum absolute atomic E-state index is 0.174. The number of anilines is 1. The van der Waals surface area contributed by atoms with Gasteiger partial charge in [0.2, 0.25) is 5.91 Å². The smallest absolute Gasteiger partial charge is 0.227 e. The maximum absolute atomic E-state index is 12.8. The van der Waals surface area contributed by atoms with Gasteiger partial charge in [0.1, 0.15) is 17.1 Å². The minimum atomic E-state index is -0.325. The molecule has 6 heteroatoms. The van der Waals surface area contributed by atoms with E-state index in [-0.39, 0.29) is 24.8 Å². The summed E-state index contributed by atoms with van der Waals surface area (Å²) in [6.45, 7) is 1.98. The van der Waals surface area contributed by atoms with E-state index >= 15 is 0 Å². The standard InChI is InChI=1S/C17H15FN2O3/c1-11-19-15-10-13(4-7-16(15)23-11)20-17(21)8-9-22-14-5-2-12(18)3-6-14/h2-7,10H,8-9H2,1H3,(H,20,21). The van der Waals surface area contributed by atoms with Crippen LogP contribution in [-0.4, -0.2) is 17.5 Å². The third-order valence-corrected chi connectivity index (χ3v) is 3.19. The highest BCUT2D eigenvalue weighted by Gasteiger charge is 2.07. The number of carbonyl (C=O) groups excluding carboxylic acids is 1. The molecule has 2 aromatic carbocycles. The van der Waals surface area contributed by atoms with Gasteiger partial charge in [0.15, 0.2) is 11.5 Å². The Morgan fingerprint density at radius 3 is 2.83 bits per heavy atom. The molecule has 0 aliphatic rings. The summed E-state index contributed by atoms with van der Waals surface area (Å²) in [4.78, 5) is 16.1. The Balaban J connectivity index is 1.52. The van der Waals surface area contributed by atoms with Crippen LogP contribution in [-0.2, 0) is 4.79 Å². The van der Waals surface area contributed by atoms with Gasteiger partial charge in [-0.05, 0) is 42.5 Å². The highest BCUT2D eigenvalue weighted by atomic mass is 19.1. The van der Waals surface area contributed by atoms with Crippen LogP contribution >= 0.6 is 0 Å². The zero-order valence-electron chi connectivity index (χ0n) is 12.5. The molecule has 0 atom stereocenters. The molecule has 0 aliphatic heterocycles. The van der Waals surface area contributed by atoms with Crippen molar-refractivity contribution in [2.45, 2.75) is 13.3 Å². The number of nitrogens with zero attached hydrogens (tertiary/aromatic N) is 1. The number of nitrogens with one attached hydrogen (secondary N) is 1. The number of benzene rings is 2. The molecule has 1 amide bonds. The molecule has 0 bridgehead atoms. The number of ether oxygens (including phenoxy) is 1. The lowest BCUT2D eigenvalue weighted by molar-refractivity contribution is -0.116. The van der Waals surface area contributed by atoms with Crippen LogP contribution in [0.1, 0.15) is 12.3 Å². The van der Waals surface area contributed by atoms with E-state index in [4.69, 9.17) is 9.15 Å². The highest BCUT2D eigenvalue weighted by Crippen LogP contribution is 2.19. The number of oxazole rings is 1. The number of amides is 1. The summed E-state index contributed by atoms with van der Waals surface area (Å²) < 4.78 is 23.5. The summed E-state index contributed by atoms with van der Waals surface area (Å²) in [6, 6.07) is 10.9. The van der Waals surface area contributed by atoms with Crippen LogP contribution in [0.4, 0.5) is 10.1 Å². The molecule has 0 saturated heterocycles. The average Bonchev–Trinajstić information content (AvgIpc) is 2.88. The van der Waals surface area contributed by atoms with Crippen molar-refractivity contribution in [1.29, 1.82) is 0 Å². The lowest BCUT2D eigenvalue weighted by atomic mass is 10.2. The molecule has 0 unspecified atom stereocenters. The molecule has 1 heterocycles. The first-order valence-electron chi connectivity index (χ1n) is 7.15. The molecule has 0 aliphatic carbocycles. The summed E-state index contributed by atoms with van der Waals surface area (Å²) in [7, 11) is 0. The molecule has 1 aromatic heterocycles. The first kappa shape index (κ1) is 15.0. The number of hydrogen-bond acceptors (Lipinski definition) is 4. The van der Waals surface area contributed by atoms with Crippen molar-refractivity contribution in [1.82, 2.24) is 4.98 Å². The summed E-state index contributed by atoms with van der Waals surface area (Å²) in [5.74, 6) is 0.607. The monoisotopic (exact) mass is 314 g/mol. The normalized spacial score (nSPS) is 10.7. The second kappa shape index (κ2) is 6.48. The third-order valence-electron chi connectivity index (χ3n) is 3.19. The zero-order chi connectivity index (χ0) is 16.2. The van der Waals surface area contributed by atoms with E-state index in [1.165, 1.54) is 24.3 Å². The molecule has 23 heavy (non-hydrogen) atoms. The highest BCUT2D eigenvalue weighted by molar-refractivity contribution is 5.92. The Labute approximate surface area is 132 Å². The van der Waals surface area contributed by atoms with Gasteiger partial charge < -0.3 is 14.5 Å². The molecule has 0 spiro atoms. The minimum Gasteiger partial charge on any atom is -0.493 e. The van der Waals surface area contributed by atoms with Crippen molar-refractivity contribution < 1.29 is 18.3 Å². The van der Waals surface area contributed by atoms with Crippen molar-refractivity contribution in [3.8, 4) is 5.75 Å². The first-order valence-corrected chi connectivity index (χ1v) is 7.15. The maximum atomic E-state index is 12.8. The van der Waals surface area contributed by atoms with Crippen LogP contribution in [0.5, 0.6) is 5.75 Å². The lowest BCUT2D eigenvalue weighted by Gasteiger charge is -2.07. The number of aryl methyl sites for hydroxylation is 1. The number of fused-ring (bicyclic) bond motifs is 1. The summed E-state index contributed by atoms with van der Waals surface area (Å²) in [6.07, 6.45) is 0.188. The zero-order valence-corrected chi connectivity index (χ0v) is 12.5. The quantitative estimate of drug-likeness (QED) is 0.780. The molecule has 3 aromatic rings. The van der Waals surface area contributed by atoms with Gasteiger partial charge in [-0.2, -0.15) is 0 Å². The van der Waals surface area contributed by atoms with E-state index in [1.807, 2.05) is 0 Å². The number of carbonyl (C=O) groups is 1. The molecule has 1 N–H and O–H groups in total. The number of hydrogen-bond donors (Lipinski definition) is 1. The summed E-state index contributed by atoms with van der Waals surface area (Å²) >= 11 is 0. The van der Waals surface area contributed by atoms with Crippen molar-refractivity contribution in [3.05, 3.63) is 54.2 Å². The molecule has 5 nitrogen and oxygen atoms in total. The van der Waals surface area contributed by atoms with Gasteiger partial charge in [-0.3, -0.25) is 4.79 Å². The fraction of sp³-hybridized carbons (Fsp3) is 0.176. The maximum Gasteiger partial charge on any atom is 0.227 e. The number of rotatable bonds is 5. The second-order valence-electron chi connectivity index (χ2n) is 5.02. The van der Waals surface area contributed by atoms with Crippen molar-refractivity contribution in [2.24, 2.45) is 0 Å². The van der Waals surface area contributed by atoms with E-state index < -0.39 is 0 Å². The summed E-state index contributed by atoms with van der Waals surface area (Å²) in [5.41, 5.74) is 2.03. The van der Waals surface area contributed by atoms with Crippen LogP contribution < -0.4 is 10.1 Å². The van der Waals surface area contributed by atoms with Crippen LogP contribution in [0, 0.1) is 12.7 Å². The van der Waals surface area contributed by atoms with Gasteiger partial charge in [-0.1, -0.05) is 0 Å². The Bertz CT molecular complexity index is 827. The average molecular weight is 314 g/mol. The van der Waals surface area contributed by atoms with Crippen LogP contribution in [0.25, 0.3) is 11.1 Å². The predicted molar refractivity (Wildman–Crippen MR) is 83.9 cm³/mol. The van der Waals surface area contributed by atoms with Gasteiger partial charge >= 0.3 is 0 Å². The Morgan fingerprint density at radius 2 is 2.04 bits per heavy atom. The van der Waals surface area contributed by atoms with Gasteiger partial charge in [-0.15, -0.1) is 0 Å². The fourth-order valence-corrected chi connectivity index (χ4v) is 2.14. The predicted octanol–water partition coefficient (Wildman–Crippen LogP) is 3.68. The lowest BCUT2D eigenvalue weighted by Crippen LogP contribution is -2.15. The van der Waals surface area contributed by atoms with Crippen LogP contribution in [0.15, 0.2) is 46.9 Å². The molecule has 0 fully saturated rings. The number of halogens is 1. The largest absolute Gasteiger partial charge is 0.493 e. The Kier molecular flexibility index (Phi) is 4.23. The Hall–Kier alpha value is -2.89. The SMILES string of the molecule is Cc1nc2cc(NC(=O)CCOc3ccc(F)cc3)ccc2o1. The van der Waals surface area contributed by atoms with Gasteiger partial charge in [0.25, 0.3) is 0 Å². The summed E-state index contributed by atoms with van der Waals surface area (Å²) in [5, 5.41) is 2.78. The number of aromatic nitrogens is 1. The van der Waals surface area contributed by atoms with E-state index in [2.05, 4.69) is 10.3 Å². The molecule has 118 valence electrons. The van der Waals surface area contributed by atoms with Crippen molar-refractivity contribution >= 4 is 22.7 Å². The van der Waals surface area contributed by atoms with E-state index in [1.54, 1.807) is 25.1 Å². The molecule has 0 radical (unpaired) electrons. The van der Waals surface area contributed by atoms with Gasteiger partial charge in [0, 0.05) is 12.6 Å². The van der Waals surface area contributed by atoms with Gasteiger partial charge in [0.05, 0.1) is 13.0 Å². The Morgan fingerprint density at radius 1 is 1.26 bits per heavy atom. The van der Waals surface area contributed by atoms with Crippen molar-refractivity contribution in [2.75, 3.05) is 11.9 Å². The molecule has 3 rings (SSSR count). The van der Waals surface area contributed by atoms with Gasteiger partial charge in [-0.25, -0.2) is 9.37 Å². The van der Waals surface area contributed by atoms with Crippen LogP contribution in [0.3, 0.4) is 0 Å². The van der Waals surface area contributed by atoms with Crippen LogP contribution in [0.2, 0.25) is 0 Å². The van der Waals surface area contributed by atoms with E-state index in [0.29, 0.717) is 28.4 Å². The fourth-order valence-electron chi connectivity index (χ4n) is 2.14. The third kappa shape index (κ3) is 3.85.